The summed E-state index contributed by atoms with van der Waals surface area (Å²) >= 11 is 7.46. The molecule has 1 amide bonds. The van der Waals surface area contributed by atoms with E-state index in [2.05, 4.69) is 5.32 Å². The van der Waals surface area contributed by atoms with Gasteiger partial charge in [0.15, 0.2) is 0 Å². The number of thioether (sulfide) groups is 1. The molecule has 2 N–H and O–H groups in total. The molecule has 1 rings (SSSR count). The van der Waals surface area contributed by atoms with Gasteiger partial charge >= 0.3 is 0 Å². The maximum Gasteiger partial charge on any atom is 0.224 e. The summed E-state index contributed by atoms with van der Waals surface area (Å²) in [5, 5.41) is 12.4. The molecule has 0 saturated heterocycles. The number of rotatable bonds is 7. The summed E-state index contributed by atoms with van der Waals surface area (Å²) < 4.78 is 13.5. The maximum atomic E-state index is 13.5. The van der Waals surface area contributed by atoms with Crippen LogP contribution in [0.25, 0.3) is 0 Å². The first-order valence-corrected chi connectivity index (χ1v) is 7.68. The first-order valence-electron chi connectivity index (χ1n) is 5.91. The SMILES string of the molecule is CSCCC(O)CNC(=O)Cc1c(F)cccc1Cl. The van der Waals surface area contributed by atoms with Crippen molar-refractivity contribution in [2.45, 2.75) is 18.9 Å². The summed E-state index contributed by atoms with van der Waals surface area (Å²) in [6.07, 6.45) is 1.86. The van der Waals surface area contributed by atoms with E-state index in [-0.39, 0.29) is 29.5 Å². The Morgan fingerprint density at radius 3 is 2.95 bits per heavy atom. The van der Waals surface area contributed by atoms with Crippen LogP contribution in [-0.2, 0) is 11.2 Å². The Kier molecular flexibility index (Phi) is 7.20. The van der Waals surface area contributed by atoms with Gasteiger partial charge in [-0.15, -0.1) is 0 Å². The number of amides is 1. The molecule has 0 radical (unpaired) electrons. The Balaban J connectivity index is 2.43. The number of halogens is 2. The van der Waals surface area contributed by atoms with Crippen molar-refractivity contribution in [3.8, 4) is 0 Å². The standard InChI is InChI=1S/C13H17ClFNO2S/c1-19-6-5-9(17)8-16-13(18)7-10-11(14)3-2-4-12(10)15/h2-4,9,17H,5-8H2,1H3,(H,16,18). The molecule has 1 unspecified atom stereocenters. The molecule has 1 atom stereocenters. The average Bonchev–Trinajstić information content (AvgIpc) is 2.38. The highest BCUT2D eigenvalue weighted by Crippen LogP contribution is 2.19. The molecular weight excluding hydrogens is 289 g/mol. The Labute approximate surface area is 121 Å². The minimum atomic E-state index is -0.576. The Morgan fingerprint density at radius 2 is 2.32 bits per heavy atom. The van der Waals surface area contributed by atoms with Crippen molar-refractivity contribution in [3.63, 3.8) is 0 Å². The number of aliphatic hydroxyl groups excluding tert-OH is 1. The van der Waals surface area contributed by atoms with Crippen molar-refractivity contribution in [2.75, 3.05) is 18.6 Å². The van der Waals surface area contributed by atoms with E-state index in [1.165, 1.54) is 12.1 Å². The molecule has 0 aliphatic carbocycles. The van der Waals surface area contributed by atoms with E-state index in [0.29, 0.717) is 6.42 Å². The van der Waals surface area contributed by atoms with Crippen LogP contribution in [0.2, 0.25) is 5.02 Å². The van der Waals surface area contributed by atoms with Crippen LogP contribution in [0.3, 0.4) is 0 Å². The first-order chi connectivity index (χ1) is 9.04. The van der Waals surface area contributed by atoms with Crippen molar-refractivity contribution in [2.24, 2.45) is 0 Å². The van der Waals surface area contributed by atoms with Crippen LogP contribution in [0.5, 0.6) is 0 Å². The number of hydrogen-bond donors (Lipinski definition) is 2. The van der Waals surface area contributed by atoms with Crippen molar-refractivity contribution >= 4 is 29.3 Å². The topological polar surface area (TPSA) is 49.3 Å². The molecule has 6 heteroatoms. The molecule has 0 aliphatic heterocycles. The van der Waals surface area contributed by atoms with E-state index in [0.717, 1.165) is 5.75 Å². The first kappa shape index (κ1) is 16.3. The predicted molar refractivity (Wildman–Crippen MR) is 77.1 cm³/mol. The number of benzene rings is 1. The summed E-state index contributed by atoms with van der Waals surface area (Å²) in [5.41, 5.74) is 0.181. The average molecular weight is 306 g/mol. The lowest BCUT2D eigenvalue weighted by atomic mass is 10.1. The van der Waals surface area contributed by atoms with Gasteiger partial charge in [-0.3, -0.25) is 4.79 Å². The van der Waals surface area contributed by atoms with Crippen molar-refractivity contribution < 1.29 is 14.3 Å². The maximum absolute atomic E-state index is 13.5. The summed E-state index contributed by atoms with van der Waals surface area (Å²) in [6.45, 7) is 0.172. The zero-order valence-electron chi connectivity index (χ0n) is 10.7. The summed E-state index contributed by atoms with van der Waals surface area (Å²) in [7, 11) is 0. The van der Waals surface area contributed by atoms with Crippen LogP contribution >= 0.6 is 23.4 Å². The minimum Gasteiger partial charge on any atom is -0.391 e. The molecule has 0 aliphatic rings. The van der Waals surface area contributed by atoms with Gasteiger partial charge in [0.2, 0.25) is 5.91 Å². The molecule has 0 heterocycles. The van der Waals surface area contributed by atoms with E-state index >= 15 is 0 Å². The fourth-order valence-corrected chi connectivity index (χ4v) is 2.25. The summed E-state index contributed by atoms with van der Waals surface area (Å²) in [6, 6.07) is 4.30. The predicted octanol–water partition coefficient (Wildman–Crippen LogP) is 2.25. The second-order valence-electron chi connectivity index (χ2n) is 4.12. The van der Waals surface area contributed by atoms with Crippen molar-refractivity contribution in [3.05, 3.63) is 34.6 Å². The number of carbonyl (C=O) groups is 1. The number of nitrogens with one attached hydrogen (secondary N) is 1. The lowest BCUT2D eigenvalue weighted by molar-refractivity contribution is -0.120. The molecular formula is C13H17ClFNO2S. The zero-order chi connectivity index (χ0) is 14.3. The normalized spacial score (nSPS) is 12.2. The number of hydrogen-bond acceptors (Lipinski definition) is 3. The Bertz CT molecular complexity index is 411. The van der Waals surface area contributed by atoms with E-state index < -0.39 is 11.9 Å². The highest BCUT2D eigenvalue weighted by Gasteiger charge is 2.12. The van der Waals surface area contributed by atoms with Gasteiger partial charge in [0.05, 0.1) is 12.5 Å². The molecule has 19 heavy (non-hydrogen) atoms. The van der Waals surface area contributed by atoms with E-state index in [4.69, 9.17) is 11.6 Å². The van der Waals surface area contributed by atoms with E-state index in [1.807, 2.05) is 6.26 Å². The van der Waals surface area contributed by atoms with Crippen LogP contribution in [0.1, 0.15) is 12.0 Å². The molecule has 0 aromatic heterocycles. The van der Waals surface area contributed by atoms with Gasteiger partial charge in [0.25, 0.3) is 0 Å². The zero-order valence-corrected chi connectivity index (χ0v) is 12.2. The molecule has 106 valence electrons. The highest BCUT2D eigenvalue weighted by atomic mass is 35.5. The molecule has 0 saturated carbocycles. The fourth-order valence-electron chi connectivity index (χ4n) is 1.51. The monoisotopic (exact) mass is 305 g/mol. The third-order valence-corrected chi connectivity index (χ3v) is 3.59. The molecule has 1 aromatic carbocycles. The van der Waals surface area contributed by atoms with E-state index in [9.17, 15) is 14.3 Å². The smallest absolute Gasteiger partial charge is 0.224 e. The van der Waals surface area contributed by atoms with Crippen LogP contribution in [0, 0.1) is 5.82 Å². The van der Waals surface area contributed by atoms with Crippen molar-refractivity contribution in [1.82, 2.24) is 5.32 Å². The summed E-state index contributed by atoms with van der Waals surface area (Å²) in [4.78, 5) is 11.6. The van der Waals surface area contributed by atoms with Gasteiger partial charge in [0.1, 0.15) is 5.82 Å². The Morgan fingerprint density at radius 1 is 1.58 bits per heavy atom. The van der Waals surface area contributed by atoms with Gasteiger partial charge in [-0.25, -0.2) is 4.39 Å². The van der Waals surface area contributed by atoms with Crippen LogP contribution in [0.15, 0.2) is 18.2 Å². The van der Waals surface area contributed by atoms with Crippen molar-refractivity contribution in [1.29, 1.82) is 0 Å². The summed E-state index contributed by atoms with van der Waals surface area (Å²) in [5.74, 6) is -0.0170. The minimum absolute atomic E-state index is 0.124. The number of carbonyl (C=O) groups excluding carboxylic acids is 1. The van der Waals surface area contributed by atoms with Crippen LogP contribution in [-0.4, -0.2) is 35.7 Å². The van der Waals surface area contributed by atoms with Gasteiger partial charge in [0, 0.05) is 17.1 Å². The third kappa shape index (κ3) is 5.80. The van der Waals surface area contributed by atoms with Crippen LogP contribution in [0.4, 0.5) is 4.39 Å². The molecule has 1 aromatic rings. The Hall–Kier alpha value is -0.780. The van der Waals surface area contributed by atoms with Gasteiger partial charge < -0.3 is 10.4 Å². The molecule has 3 nitrogen and oxygen atoms in total. The molecule has 0 fully saturated rings. The second-order valence-corrected chi connectivity index (χ2v) is 5.51. The fraction of sp³-hybridized carbons (Fsp3) is 0.462. The van der Waals surface area contributed by atoms with Gasteiger partial charge in [-0.1, -0.05) is 17.7 Å². The second kappa shape index (κ2) is 8.40. The lowest BCUT2D eigenvalue weighted by Gasteiger charge is -2.11. The number of aliphatic hydroxyl groups is 1. The molecule has 0 spiro atoms. The lowest BCUT2D eigenvalue weighted by Crippen LogP contribution is -2.33. The molecule has 0 bridgehead atoms. The quantitative estimate of drug-likeness (QED) is 0.812. The van der Waals surface area contributed by atoms with Gasteiger partial charge in [-0.2, -0.15) is 11.8 Å². The highest BCUT2D eigenvalue weighted by molar-refractivity contribution is 7.98. The largest absolute Gasteiger partial charge is 0.391 e. The van der Waals surface area contributed by atoms with E-state index in [1.54, 1.807) is 17.8 Å². The van der Waals surface area contributed by atoms with Gasteiger partial charge in [-0.05, 0) is 30.6 Å². The van der Waals surface area contributed by atoms with Crippen LogP contribution < -0.4 is 5.32 Å². The third-order valence-electron chi connectivity index (χ3n) is 2.59.